The van der Waals surface area contributed by atoms with E-state index < -0.39 is 5.97 Å². The number of anilines is 2. The van der Waals surface area contributed by atoms with Gasteiger partial charge in [-0.05, 0) is 30.7 Å². The molecule has 0 atom stereocenters. The third-order valence-corrected chi connectivity index (χ3v) is 3.33. The van der Waals surface area contributed by atoms with Gasteiger partial charge in [0.05, 0.1) is 5.56 Å². The van der Waals surface area contributed by atoms with Crippen molar-refractivity contribution in [3.05, 3.63) is 53.6 Å². The van der Waals surface area contributed by atoms with Gasteiger partial charge in [-0.1, -0.05) is 18.2 Å². The number of hydrogen-bond donors (Lipinski definition) is 3. The zero-order chi connectivity index (χ0) is 15.4. The largest absolute Gasteiger partial charge is 0.508 e. The summed E-state index contributed by atoms with van der Waals surface area (Å²) in [4.78, 5) is 13.3. The SMILES string of the molecule is CCN(Cc1cccc(N)c1C(=O)O)c1cccc(O)c1. The quantitative estimate of drug-likeness (QED) is 0.736. The van der Waals surface area contributed by atoms with E-state index in [0.29, 0.717) is 18.7 Å². The number of aromatic carboxylic acids is 1. The third-order valence-electron chi connectivity index (χ3n) is 3.33. The number of nitrogens with zero attached hydrogens (tertiary/aromatic N) is 1. The van der Waals surface area contributed by atoms with Gasteiger partial charge in [0, 0.05) is 30.5 Å². The number of rotatable bonds is 5. The summed E-state index contributed by atoms with van der Waals surface area (Å²) < 4.78 is 0. The Morgan fingerprint density at radius 2 is 1.95 bits per heavy atom. The van der Waals surface area contributed by atoms with Gasteiger partial charge in [0.2, 0.25) is 0 Å². The molecule has 0 aliphatic rings. The molecule has 4 N–H and O–H groups in total. The van der Waals surface area contributed by atoms with E-state index in [2.05, 4.69) is 0 Å². The first-order valence-corrected chi connectivity index (χ1v) is 6.67. The molecule has 0 radical (unpaired) electrons. The molecule has 0 fully saturated rings. The van der Waals surface area contributed by atoms with Gasteiger partial charge in [0.25, 0.3) is 0 Å². The lowest BCUT2D eigenvalue weighted by atomic mass is 10.0. The molecule has 2 aromatic carbocycles. The maximum absolute atomic E-state index is 11.4. The third kappa shape index (κ3) is 3.25. The molecule has 2 rings (SSSR count). The first kappa shape index (κ1) is 14.7. The lowest BCUT2D eigenvalue weighted by Crippen LogP contribution is -2.23. The molecule has 0 unspecified atom stereocenters. The van der Waals surface area contributed by atoms with Gasteiger partial charge in [-0.3, -0.25) is 0 Å². The minimum atomic E-state index is -1.03. The monoisotopic (exact) mass is 286 g/mol. The van der Waals surface area contributed by atoms with Crippen LogP contribution in [0.3, 0.4) is 0 Å². The highest BCUT2D eigenvalue weighted by Crippen LogP contribution is 2.24. The second-order valence-electron chi connectivity index (χ2n) is 4.72. The van der Waals surface area contributed by atoms with Gasteiger partial charge >= 0.3 is 5.97 Å². The Bertz CT molecular complexity index is 656. The average Bonchev–Trinajstić information content (AvgIpc) is 2.44. The molecule has 2 aromatic rings. The number of carboxylic acids is 1. The molecule has 0 aliphatic heterocycles. The van der Waals surface area contributed by atoms with Crippen molar-refractivity contribution in [3.63, 3.8) is 0 Å². The van der Waals surface area contributed by atoms with Crippen LogP contribution in [0.1, 0.15) is 22.8 Å². The summed E-state index contributed by atoms with van der Waals surface area (Å²) in [7, 11) is 0. The summed E-state index contributed by atoms with van der Waals surface area (Å²) >= 11 is 0. The van der Waals surface area contributed by atoms with E-state index in [1.54, 1.807) is 36.4 Å². The minimum Gasteiger partial charge on any atom is -0.508 e. The number of nitrogens with two attached hydrogens (primary N) is 1. The van der Waals surface area contributed by atoms with E-state index in [1.807, 2.05) is 17.9 Å². The summed E-state index contributed by atoms with van der Waals surface area (Å²) in [5, 5.41) is 18.9. The second kappa shape index (κ2) is 6.17. The topological polar surface area (TPSA) is 86.8 Å². The number of nitrogen functional groups attached to an aromatic ring is 1. The summed E-state index contributed by atoms with van der Waals surface area (Å²) in [5.74, 6) is -0.855. The van der Waals surface area contributed by atoms with E-state index in [0.717, 1.165) is 5.69 Å². The molecule has 0 saturated heterocycles. The zero-order valence-electron chi connectivity index (χ0n) is 11.8. The molecule has 21 heavy (non-hydrogen) atoms. The fourth-order valence-corrected chi connectivity index (χ4v) is 2.29. The van der Waals surface area contributed by atoms with E-state index in [9.17, 15) is 15.0 Å². The lowest BCUT2D eigenvalue weighted by Gasteiger charge is -2.24. The first-order valence-electron chi connectivity index (χ1n) is 6.67. The number of phenolic OH excluding ortho intramolecular Hbond substituents is 1. The van der Waals surface area contributed by atoms with Gasteiger partial charge in [0.1, 0.15) is 5.75 Å². The molecular formula is C16H18N2O3. The van der Waals surface area contributed by atoms with Crippen LogP contribution in [0.15, 0.2) is 42.5 Å². The van der Waals surface area contributed by atoms with Gasteiger partial charge in [-0.15, -0.1) is 0 Å². The Hall–Kier alpha value is -2.69. The van der Waals surface area contributed by atoms with Gasteiger partial charge in [0.15, 0.2) is 0 Å². The van der Waals surface area contributed by atoms with Crippen molar-refractivity contribution in [2.45, 2.75) is 13.5 Å². The number of carboxylic acid groups (broad SMARTS) is 1. The van der Waals surface area contributed by atoms with Crippen LogP contribution < -0.4 is 10.6 Å². The Morgan fingerprint density at radius 1 is 1.24 bits per heavy atom. The van der Waals surface area contributed by atoms with Crippen LogP contribution in [0.4, 0.5) is 11.4 Å². The molecule has 0 aromatic heterocycles. The highest BCUT2D eigenvalue weighted by atomic mass is 16.4. The molecule has 0 amide bonds. The molecule has 0 aliphatic carbocycles. The van der Waals surface area contributed by atoms with Crippen LogP contribution in [0.5, 0.6) is 5.75 Å². The first-order chi connectivity index (χ1) is 10.0. The van der Waals surface area contributed by atoms with E-state index in [-0.39, 0.29) is 17.0 Å². The van der Waals surface area contributed by atoms with Crippen molar-refractivity contribution >= 4 is 17.3 Å². The van der Waals surface area contributed by atoms with Crippen molar-refractivity contribution in [1.82, 2.24) is 0 Å². The summed E-state index contributed by atoms with van der Waals surface area (Å²) in [6, 6.07) is 12.0. The minimum absolute atomic E-state index is 0.135. The number of aromatic hydroxyl groups is 1. The van der Waals surface area contributed by atoms with Crippen LogP contribution in [0.25, 0.3) is 0 Å². The number of phenols is 1. The predicted molar refractivity (Wildman–Crippen MR) is 82.6 cm³/mol. The van der Waals surface area contributed by atoms with Crippen molar-refractivity contribution in [2.75, 3.05) is 17.2 Å². The summed E-state index contributed by atoms with van der Waals surface area (Å²) in [6.45, 7) is 3.06. The van der Waals surface area contributed by atoms with Crippen molar-refractivity contribution in [3.8, 4) is 5.75 Å². The van der Waals surface area contributed by atoms with Crippen molar-refractivity contribution in [2.24, 2.45) is 0 Å². The van der Waals surface area contributed by atoms with Crippen LogP contribution in [0.2, 0.25) is 0 Å². The Labute approximate surface area is 123 Å². The summed E-state index contributed by atoms with van der Waals surface area (Å²) in [5.41, 5.74) is 7.63. The molecule has 5 nitrogen and oxygen atoms in total. The summed E-state index contributed by atoms with van der Waals surface area (Å²) in [6.07, 6.45) is 0. The fraction of sp³-hybridized carbons (Fsp3) is 0.188. The van der Waals surface area contributed by atoms with Gasteiger partial charge in [-0.25, -0.2) is 4.79 Å². The molecule has 0 heterocycles. The Kier molecular flexibility index (Phi) is 4.33. The van der Waals surface area contributed by atoms with Gasteiger partial charge in [-0.2, -0.15) is 0 Å². The van der Waals surface area contributed by atoms with E-state index in [4.69, 9.17) is 5.73 Å². The van der Waals surface area contributed by atoms with Crippen molar-refractivity contribution < 1.29 is 15.0 Å². The van der Waals surface area contributed by atoms with Gasteiger partial charge < -0.3 is 20.8 Å². The molecular weight excluding hydrogens is 268 g/mol. The molecule has 5 heteroatoms. The van der Waals surface area contributed by atoms with Crippen LogP contribution in [-0.2, 0) is 6.54 Å². The highest BCUT2D eigenvalue weighted by molar-refractivity contribution is 5.95. The molecule has 0 saturated carbocycles. The standard InChI is InChI=1S/C16H18N2O3/c1-2-18(12-6-4-7-13(19)9-12)10-11-5-3-8-14(17)15(11)16(20)21/h3-9,19H,2,10,17H2,1H3,(H,20,21). The van der Waals surface area contributed by atoms with Crippen LogP contribution in [0, 0.1) is 0 Å². The smallest absolute Gasteiger partial charge is 0.338 e. The number of hydrogen-bond acceptors (Lipinski definition) is 4. The Morgan fingerprint density at radius 3 is 2.57 bits per heavy atom. The number of benzene rings is 2. The molecule has 0 spiro atoms. The maximum Gasteiger partial charge on any atom is 0.338 e. The normalized spacial score (nSPS) is 10.3. The van der Waals surface area contributed by atoms with E-state index >= 15 is 0 Å². The Balaban J connectivity index is 2.36. The number of carbonyl (C=O) groups is 1. The molecule has 110 valence electrons. The van der Waals surface area contributed by atoms with Crippen molar-refractivity contribution in [1.29, 1.82) is 0 Å². The van der Waals surface area contributed by atoms with Crippen LogP contribution in [-0.4, -0.2) is 22.7 Å². The second-order valence-corrected chi connectivity index (χ2v) is 4.72. The lowest BCUT2D eigenvalue weighted by molar-refractivity contribution is 0.0697. The average molecular weight is 286 g/mol. The highest BCUT2D eigenvalue weighted by Gasteiger charge is 2.16. The fourth-order valence-electron chi connectivity index (χ4n) is 2.29. The predicted octanol–water partition coefficient (Wildman–Crippen LogP) is 2.70. The maximum atomic E-state index is 11.4. The van der Waals surface area contributed by atoms with Crippen LogP contribution >= 0.6 is 0 Å². The zero-order valence-corrected chi connectivity index (χ0v) is 11.8. The molecule has 0 bridgehead atoms. The van der Waals surface area contributed by atoms with E-state index in [1.165, 1.54) is 0 Å².